The molecule has 13 heavy (non-hydrogen) atoms. The fourth-order valence-electron chi connectivity index (χ4n) is 2.02. The zero-order valence-corrected chi connectivity index (χ0v) is 10.1. The minimum atomic E-state index is 0.337. The Bertz CT molecular complexity index is 193. The Kier molecular flexibility index (Phi) is 3.47. The second kappa shape index (κ2) is 4.05. The molecule has 0 N–H and O–H groups in total. The lowest BCUT2D eigenvalue weighted by molar-refractivity contribution is 0.169. The van der Waals surface area contributed by atoms with Crippen molar-refractivity contribution in [2.75, 3.05) is 13.1 Å². The molecule has 0 unspecified atom stereocenters. The van der Waals surface area contributed by atoms with Crippen molar-refractivity contribution in [2.24, 2.45) is 5.92 Å². The molecule has 2 heteroatoms. The maximum atomic E-state index is 5.15. The van der Waals surface area contributed by atoms with E-state index in [0.29, 0.717) is 5.54 Å². The molecule has 0 aliphatic carbocycles. The van der Waals surface area contributed by atoms with Gasteiger partial charge in [0.2, 0.25) is 0 Å². The Hall–Kier alpha value is 0.0500. The van der Waals surface area contributed by atoms with Gasteiger partial charge in [-0.15, -0.1) is 0 Å². The molecule has 0 spiro atoms. The molecule has 1 atom stereocenters. The van der Waals surface area contributed by atoms with Crippen molar-refractivity contribution in [2.45, 2.75) is 46.1 Å². The average Bonchev–Trinajstić information content (AvgIpc) is 2.32. The first-order valence-electron chi connectivity index (χ1n) is 5.14. The van der Waals surface area contributed by atoms with Crippen molar-refractivity contribution in [3.63, 3.8) is 0 Å². The lowest BCUT2D eigenvalue weighted by Gasteiger charge is -2.31. The molecule has 0 bridgehead atoms. The van der Waals surface area contributed by atoms with Gasteiger partial charge in [-0.05, 0) is 57.9 Å². The van der Waals surface area contributed by atoms with Gasteiger partial charge in [-0.3, -0.25) is 4.90 Å². The zero-order valence-electron chi connectivity index (χ0n) is 9.26. The molecule has 0 saturated carbocycles. The Morgan fingerprint density at radius 2 is 2.08 bits per heavy atom. The third-order valence-corrected chi connectivity index (χ3v) is 2.98. The molecule has 1 aliphatic rings. The summed E-state index contributed by atoms with van der Waals surface area (Å²) in [4.78, 5) is 3.73. The van der Waals surface area contributed by atoms with E-state index < -0.39 is 0 Å². The van der Waals surface area contributed by atoms with E-state index in [1.165, 1.54) is 24.4 Å². The Labute approximate surface area is 87.5 Å². The van der Waals surface area contributed by atoms with E-state index in [1.807, 2.05) is 0 Å². The van der Waals surface area contributed by atoms with Crippen LogP contribution < -0.4 is 0 Å². The first kappa shape index (κ1) is 11.1. The second-order valence-corrected chi connectivity index (χ2v) is 5.87. The summed E-state index contributed by atoms with van der Waals surface area (Å²) in [5.74, 6) is 0.816. The van der Waals surface area contributed by atoms with Gasteiger partial charge >= 0.3 is 0 Å². The van der Waals surface area contributed by atoms with E-state index in [9.17, 15) is 0 Å². The van der Waals surface area contributed by atoms with Crippen LogP contribution in [0.15, 0.2) is 0 Å². The number of nitrogens with zero attached hydrogens (tertiary/aromatic N) is 1. The van der Waals surface area contributed by atoms with Crippen LogP contribution in [0.25, 0.3) is 0 Å². The van der Waals surface area contributed by atoms with Gasteiger partial charge in [0.05, 0.1) is 0 Å². The fraction of sp³-hybridized carbons (Fsp3) is 0.909. The minimum Gasteiger partial charge on any atom is -0.298 e. The lowest BCUT2D eigenvalue weighted by atomic mass is 10.0. The van der Waals surface area contributed by atoms with Crippen LogP contribution in [0.3, 0.4) is 0 Å². The molecule has 0 aromatic heterocycles. The fourth-order valence-corrected chi connectivity index (χ4v) is 2.25. The monoisotopic (exact) mass is 199 g/mol. The molecule has 1 heterocycles. The molecule has 1 fully saturated rings. The summed E-state index contributed by atoms with van der Waals surface area (Å²) in [6, 6.07) is 0. The summed E-state index contributed by atoms with van der Waals surface area (Å²) in [6.07, 6.45) is 2.47. The van der Waals surface area contributed by atoms with E-state index in [-0.39, 0.29) is 0 Å². The van der Waals surface area contributed by atoms with Crippen molar-refractivity contribution in [3.8, 4) is 0 Å². The second-order valence-electron chi connectivity index (χ2n) is 5.18. The summed E-state index contributed by atoms with van der Waals surface area (Å²) in [5, 5.41) is 0. The molecule has 0 radical (unpaired) electrons. The van der Waals surface area contributed by atoms with Crippen LogP contribution in [-0.2, 0) is 0 Å². The van der Waals surface area contributed by atoms with Crippen LogP contribution in [-0.4, -0.2) is 28.4 Å². The standard InChI is InChI=1S/C11H21NS/c1-9(13)7-10-5-6-12(8-10)11(2,3)4/h10H,5-8H2,1-4H3/t10-/m1/s1. The maximum absolute atomic E-state index is 5.15. The molecular weight excluding hydrogens is 178 g/mol. The predicted octanol–water partition coefficient (Wildman–Crippen LogP) is 2.89. The highest BCUT2D eigenvalue weighted by atomic mass is 32.1. The van der Waals surface area contributed by atoms with E-state index in [1.54, 1.807) is 0 Å². The van der Waals surface area contributed by atoms with Gasteiger partial charge in [0.25, 0.3) is 0 Å². The first-order chi connectivity index (χ1) is 5.89. The maximum Gasteiger partial charge on any atom is 0.0125 e. The predicted molar refractivity (Wildman–Crippen MR) is 62.3 cm³/mol. The molecule has 76 valence electrons. The lowest BCUT2D eigenvalue weighted by Crippen LogP contribution is -2.39. The van der Waals surface area contributed by atoms with Crippen LogP contribution in [0.5, 0.6) is 0 Å². The Morgan fingerprint density at radius 3 is 2.46 bits per heavy atom. The van der Waals surface area contributed by atoms with Gasteiger partial charge in [0, 0.05) is 12.1 Å². The van der Waals surface area contributed by atoms with Gasteiger partial charge in [-0.25, -0.2) is 0 Å². The smallest absolute Gasteiger partial charge is 0.0125 e. The van der Waals surface area contributed by atoms with Gasteiger partial charge in [-0.2, -0.15) is 0 Å². The highest BCUT2D eigenvalue weighted by molar-refractivity contribution is 7.80. The molecule has 1 rings (SSSR count). The van der Waals surface area contributed by atoms with E-state index in [2.05, 4.69) is 32.6 Å². The van der Waals surface area contributed by atoms with E-state index >= 15 is 0 Å². The normalized spacial score (nSPS) is 25.1. The average molecular weight is 199 g/mol. The summed E-state index contributed by atoms with van der Waals surface area (Å²) < 4.78 is 0. The van der Waals surface area contributed by atoms with Crippen molar-refractivity contribution in [3.05, 3.63) is 0 Å². The Morgan fingerprint density at radius 1 is 1.46 bits per heavy atom. The minimum absolute atomic E-state index is 0.337. The van der Waals surface area contributed by atoms with Crippen LogP contribution >= 0.6 is 12.2 Å². The molecule has 1 nitrogen and oxygen atoms in total. The number of rotatable bonds is 2. The highest BCUT2D eigenvalue weighted by Crippen LogP contribution is 2.26. The van der Waals surface area contributed by atoms with E-state index in [0.717, 1.165) is 12.3 Å². The SMILES string of the molecule is CC(=S)C[C@H]1CCN(C(C)(C)C)C1. The molecule has 1 aliphatic heterocycles. The number of thiocarbonyl (C=S) groups is 1. The van der Waals surface area contributed by atoms with Crippen LogP contribution in [0.2, 0.25) is 0 Å². The molecule has 0 aromatic rings. The summed E-state index contributed by atoms with van der Waals surface area (Å²) in [6.45, 7) is 11.4. The summed E-state index contributed by atoms with van der Waals surface area (Å²) >= 11 is 5.15. The zero-order chi connectivity index (χ0) is 10.1. The molecular formula is C11H21NS. The van der Waals surface area contributed by atoms with Crippen LogP contribution in [0.4, 0.5) is 0 Å². The van der Waals surface area contributed by atoms with Gasteiger partial charge < -0.3 is 0 Å². The third kappa shape index (κ3) is 3.35. The van der Waals surface area contributed by atoms with Crippen molar-refractivity contribution >= 4 is 17.1 Å². The molecule has 0 amide bonds. The van der Waals surface area contributed by atoms with E-state index in [4.69, 9.17) is 12.2 Å². The first-order valence-corrected chi connectivity index (χ1v) is 5.55. The number of hydrogen-bond acceptors (Lipinski definition) is 2. The quantitative estimate of drug-likeness (QED) is 0.629. The summed E-state index contributed by atoms with van der Waals surface area (Å²) in [5.41, 5.74) is 0.337. The summed E-state index contributed by atoms with van der Waals surface area (Å²) in [7, 11) is 0. The Balaban J connectivity index is 2.41. The van der Waals surface area contributed by atoms with Crippen LogP contribution in [0.1, 0.15) is 40.5 Å². The van der Waals surface area contributed by atoms with Gasteiger partial charge in [-0.1, -0.05) is 12.2 Å². The third-order valence-electron chi connectivity index (χ3n) is 2.81. The van der Waals surface area contributed by atoms with Gasteiger partial charge in [0.1, 0.15) is 0 Å². The van der Waals surface area contributed by atoms with Crippen molar-refractivity contribution in [1.29, 1.82) is 0 Å². The molecule has 1 saturated heterocycles. The highest BCUT2D eigenvalue weighted by Gasteiger charge is 2.29. The largest absolute Gasteiger partial charge is 0.298 e. The molecule has 0 aromatic carbocycles. The van der Waals surface area contributed by atoms with Crippen molar-refractivity contribution in [1.82, 2.24) is 4.90 Å². The van der Waals surface area contributed by atoms with Crippen LogP contribution in [0, 0.1) is 5.92 Å². The topological polar surface area (TPSA) is 3.24 Å². The number of likely N-dealkylation sites (tertiary alicyclic amines) is 1. The van der Waals surface area contributed by atoms with Gasteiger partial charge in [0.15, 0.2) is 0 Å². The number of hydrogen-bond donors (Lipinski definition) is 0. The van der Waals surface area contributed by atoms with Crippen molar-refractivity contribution < 1.29 is 0 Å².